The van der Waals surface area contributed by atoms with Crippen molar-refractivity contribution >= 4 is 51.1 Å². The third-order valence-electron chi connectivity index (χ3n) is 7.80. The number of fused-ring (bicyclic) bond motifs is 6. The fraction of sp³-hybridized carbons (Fsp3) is 0.114. The molecule has 0 amide bonds. The molecule has 0 bridgehead atoms. The average molecular weight is 671 g/mol. The Morgan fingerprint density at radius 1 is 0.640 bits per heavy atom. The minimum Gasteiger partial charge on any atom is -0.392 e. The molecular formula is C35H30N10O5. The highest BCUT2D eigenvalue weighted by molar-refractivity contribution is 5.83. The van der Waals surface area contributed by atoms with Crippen molar-refractivity contribution in [3.8, 4) is 0 Å². The van der Waals surface area contributed by atoms with E-state index in [1.165, 1.54) is 18.2 Å². The number of aliphatic hydroxyl groups excluding tert-OH is 1. The van der Waals surface area contributed by atoms with E-state index < -0.39 is 0 Å². The highest BCUT2D eigenvalue weighted by Crippen LogP contribution is 2.20. The molecule has 0 saturated carbocycles. The summed E-state index contributed by atoms with van der Waals surface area (Å²) in [5, 5.41) is 18.0. The summed E-state index contributed by atoms with van der Waals surface area (Å²) in [6.45, 7) is 2.60. The zero-order chi connectivity index (χ0) is 35.4. The van der Waals surface area contributed by atoms with Crippen LogP contribution in [0.1, 0.15) is 22.3 Å². The maximum atomic E-state index is 12.8. The first-order chi connectivity index (χ1) is 24.2. The van der Waals surface area contributed by atoms with Gasteiger partial charge in [0.15, 0.2) is 11.6 Å². The largest absolute Gasteiger partial charge is 0.392 e. The van der Waals surface area contributed by atoms with Crippen molar-refractivity contribution in [1.29, 1.82) is 0 Å². The van der Waals surface area contributed by atoms with Crippen LogP contribution in [0.2, 0.25) is 0 Å². The van der Waals surface area contributed by atoms with Gasteiger partial charge in [-0.15, -0.1) is 10.2 Å². The highest BCUT2D eigenvalue weighted by Gasteiger charge is 2.16. The van der Waals surface area contributed by atoms with Crippen molar-refractivity contribution < 1.29 is 14.7 Å². The number of nitrogen functional groups attached to an aromatic ring is 2. The minimum atomic E-state index is -0.289. The SMILES string of the molecule is Cc1ccc2nc(N)c3nn(Cc4ccccc4)c(=O)n3c2c1.Nc1nc2ccc(CO)cc2n2c(=O)n(Cc3ccccc3)nc12.O=C=O. The lowest BCUT2D eigenvalue weighted by Gasteiger charge is -2.04. The van der Waals surface area contributed by atoms with Crippen LogP contribution in [0.15, 0.2) is 107 Å². The van der Waals surface area contributed by atoms with Gasteiger partial charge in [0.1, 0.15) is 0 Å². The van der Waals surface area contributed by atoms with E-state index >= 15 is 0 Å². The summed E-state index contributed by atoms with van der Waals surface area (Å²) in [4.78, 5) is 50.5. The summed E-state index contributed by atoms with van der Waals surface area (Å²) in [5.74, 6) is 0.452. The van der Waals surface area contributed by atoms with Gasteiger partial charge in [0.2, 0.25) is 11.3 Å². The van der Waals surface area contributed by atoms with Gasteiger partial charge in [-0.2, -0.15) is 9.59 Å². The number of aryl methyl sites for hydroxylation is 1. The Labute approximate surface area is 282 Å². The maximum absolute atomic E-state index is 12.8. The molecular weight excluding hydrogens is 640 g/mol. The number of anilines is 2. The van der Waals surface area contributed by atoms with E-state index in [0.717, 1.165) is 22.2 Å². The van der Waals surface area contributed by atoms with E-state index in [1.54, 1.807) is 18.2 Å². The van der Waals surface area contributed by atoms with Crippen molar-refractivity contribution in [2.45, 2.75) is 26.6 Å². The number of benzene rings is 4. The summed E-state index contributed by atoms with van der Waals surface area (Å²) >= 11 is 0. The number of nitrogens with zero attached hydrogens (tertiary/aromatic N) is 8. The molecule has 4 aromatic carbocycles. The predicted molar refractivity (Wildman–Crippen MR) is 185 cm³/mol. The van der Waals surface area contributed by atoms with Gasteiger partial charge in [0.25, 0.3) is 0 Å². The van der Waals surface area contributed by atoms with Gasteiger partial charge >= 0.3 is 17.5 Å². The molecule has 0 saturated heterocycles. The van der Waals surface area contributed by atoms with Gasteiger partial charge in [-0.05, 0) is 53.4 Å². The second-order valence-corrected chi connectivity index (χ2v) is 11.2. The molecule has 50 heavy (non-hydrogen) atoms. The number of carbonyl (C=O) groups excluding carboxylic acids is 2. The van der Waals surface area contributed by atoms with E-state index in [-0.39, 0.29) is 35.8 Å². The van der Waals surface area contributed by atoms with E-state index in [4.69, 9.17) is 21.1 Å². The number of hydrogen-bond donors (Lipinski definition) is 3. The number of aromatic nitrogens is 8. The molecule has 0 unspecified atom stereocenters. The van der Waals surface area contributed by atoms with Crippen molar-refractivity contribution in [2.75, 3.05) is 11.5 Å². The second kappa shape index (κ2) is 14.0. The van der Waals surface area contributed by atoms with Gasteiger partial charge in [-0.25, -0.2) is 37.7 Å². The van der Waals surface area contributed by atoms with Gasteiger partial charge in [-0.1, -0.05) is 72.8 Å². The van der Waals surface area contributed by atoms with Crippen LogP contribution < -0.4 is 22.8 Å². The molecule has 0 radical (unpaired) electrons. The molecule has 15 heteroatoms. The fourth-order valence-corrected chi connectivity index (χ4v) is 5.51. The van der Waals surface area contributed by atoms with Gasteiger partial charge in [-0.3, -0.25) is 0 Å². The van der Waals surface area contributed by atoms with E-state index in [0.29, 0.717) is 46.5 Å². The van der Waals surface area contributed by atoms with Crippen LogP contribution in [0.3, 0.4) is 0 Å². The van der Waals surface area contributed by atoms with Crippen LogP contribution in [0.25, 0.3) is 33.4 Å². The van der Waals surface area contributed by atoms with Gasteiger partial charge in [0, 0.05) is 0 Å². The lowest BCUT2D eigenvalue weighted by Crippen LogP contribution is -2.22. The minimum absolute atomic E-state index is 0.116. The van der Waals surface area contributed by atoms with Crippen molar-refractivity contribution in [3.63, 3.8) is 0 Å². The smallest absolute Gasteiger partial charge is 0.373 e. The fourth-order valence-electron chi connectivity index (χ4n) is 5.51. The Hall–Kier alpha value is -6.96. The number of rotatable bonds is 5. The zero-order valence-electron chi connectivity index (χ0n) is 26.7. The number of hydrogen-bond acceptors (Lipinski definition) is 11. The third kappa shape index (κ3) is 6.44. The Balaban J connectivity index is 0.000000161. The molecule has 0 fully saturated rings. The van der Waals surface area contributed by atoms with Crippen LogP contribution in [-0.2, 0) is 29.3 Å². The van der Waals surface area contributed by atoms with Gasteiger partial charge < -0.3 is 16.6 Å². The van der Waals surface area contributed by atoms with E-state index in [9.17, 15) is 14.7 Å². The number of aliphatic hydroxyl groups is 1. The molecule has 8 aromatic rings. The summed E-state index contributed by atoms with van der Waals surface area (Å²) in [6.07, 6.45) is 0.250. The molecule has 0 aliphatic rings. The maximum Gasteiger partial charge on any atom is 0.373 e. The topological polar surface area (TPSA) is 211 Å². The lowest BCUT2D eigenvalue weighted by atomic mass is 10.2. The Morgan fingerprint density at radius 2 is 1.08 bits per heavy atom. The second-order valence-electron chi connectivity index (χ2n) is 11.2. The Morgan fingerprint density at radius 3 is 1.54 bits per heavy atom. The molecule has 4 aromatic heterocycles. The monoisotopic (exact) mass is 670 g/mol. The molecule has 4 heterocycles. The van der Waals surface area contributed by atoms with E-state index in [1.807, 2.05) is 85.8 Å². The standard InChI is InChI=1S/C17H15N5O2.C17H15N5O.CO2/c18-15-16-20-21(9-11-4-2-1-3-5-11)17(24)22(16)14-8-12(10-23)6-7-13(14)19-15;1-11-7-8-13-14(9-11)22-16(15(18)19-13)20-21(17(22)23)10-12-5-3-2-4-6-12;2-1-3/h1-8,23H,9-10H2,(H2,18,19);2-9H,10H2,1H3,(H2,18,19);. The van der Waals surface area contributed by atoms with Crippen LogP contribution >= 0.6 is 0 Å². The van der Waals surface area contributed by atoms with Crippen LogP contribution in [-0.4, -0.2) is 49.6 Å². The number of nitrogens with two attached hydrogens (primary N) is 2. The first-order valence-electron chi connectivity index (χ1n) is 15.2. The summed E-state index contributed by atoms with van der Waals surface area (Å²) in [5.41, 5.74) is 18.4. The first kappa shape index (κ1) is 33.0. The van der Waals surface area contributed by atoms with Crippen LogP contribution in [0.4, 0.5) is 11.6 Å². The quantitative estimate of drug-likeness (QED) is 0.242. The first-order valence-corrected chi connectivity index (χ1v) is 15.2. The van der Waals surface area contributed by atoms with Crippen LogP contribution in [0, 0.1) is 6.92 Å². The molecule has 0 spiro atoms. The van der Waals surface area contributed by atoms with Crippen LogP contribution in [0.5, 0.6) is 0 Å². The predicted octanol–water partition coefficient (Wildman–Crippen LogP) is 2.57. The van der Waals surface area contributed by atoms with Crippen molar-refractivity contribution in [1.82, 2.24) is 38.3 Å². The lowest BCUT2D eigenvalue weighted by molar-refractivity contribution is -0.191. The molecule has 250 valence electrons. The molecule has 0 atom stereocenters. The molecule has 0 aliphatic carbocycles. The van der Waals surface area contributed by atoms with Gasteiger partial charge in [0.05, 0.1) is 41.8 Å². The van der Waals surface area contributed by atoms with E-state index in [2.05, 4.69) is 20.2 Å². The normalized spacial score (nSPS) is 10.8. The van der Waals surface area contributed by atoms with Crippen molar-refractivity contribution in [2.24, 2.45) is 0 Å². The average Bonchev–Trinajstić information content (AvgIpc) is 3.63. The molecule has 8 rings (SSSR count). The Bertz CT molecular complexity index is 2640. The van der Waals surface area contributed by atoms with Crippen molar-refractivity contribution in [3.05, 3.63) is 140 Å². The molecule has 5 N–H and O–H groups in total. The summed E-state index contributed by atoms with van der Waals surface area (Å²) in [6, 6.07) is 30.3. The third-order valence-corrected chi connectivity index (χ3v) is 7.80. The molecule has 15 nitrogen and oxygen atoms in total. The highest BCUT2D eigenvalue weighted by atomic mass is 16.3. The summed E-state index contributed by atoms with van der Waals surface area (Å²) in [7, 11) is 0. The Kier molecular flexibility index (Phi) is 9.25. The zero-order valence-corrected chi connectivity index (χ0v) is 26.7. The molecule has 0 aliphatic heterocycles. The summed E-state index contributed by atoms with van der Waals surface area (Å²) < 4.78 is 5.77.